The lowest BCUT2D eigenvalue weighted by atomic mass is 9.61. The monoisotopic (exact) mass is 448 g/mol. The fourth-order valence-corrected chi connectivity index (χ4v) is 6.02. The van der Waals surface area contributed by atoms with E-state index in [1.54, 1.807) is 0 Å². The molecule has 1 spiro atoms. The van der Waals surface area contributed by atoms with Crippen LogP contribution < -0.4 is 10.6 Å². The molecule has 2 N–H and O–H groups in total. The van der Waals surface area contributed by atoms with E-state index in [0.717, 1.165) is 38.0 Å². The lowest BCUT2D eigenvalue weighted by Crippen LogP contribution is -2.53. The number of rotatable bonds is 4. The van der Waals surface area contributed by atoms with Gasteiger partial charge in [0.2, 0.25) is 0 Å². The van der Waals surface area contributed by atoms with Gasteiger partial charge in [0, 0.05) is 22.7 Å². The highest BCUT2D eigenvalue weighted by Gasteiger charge is 2.52. The second-order valence-corrected chi connectivity index (χ2v) is 9.56. The number of allylic oxidation sites excluding steroid dienone is 1. The zero-order chi connectivity index (χ0) is 22.2. The van der Waals surface area contributed by atoms with Crippen LogP contribution in [0.15, 0.2) is 65.8 Å². The Morgan fingerprint density at radius 1 is 1.09 bits per heavy atom. The van der Waals surface area contributed by atoms with E-state index in [1.807, 2.05) is 24.3 Å². The molecule has 1 aliphatic heterocycles. The summed E-state index contributed by atoms with van der Waals surface area (Å²) in [6.45, 7) is 1.93. The first-order valence-corrected chi connectivity index (χ1v) is 11.8. The summed E-state index contributed by atoms with van der Waals surface area (Å²) in [5.74, 6) is -0.204. The quantitative estimate of drug-likeness (QED) is 0.607. The van der Waals surface area contributed by atoms with E-state index in [-0.39, 0.29) is 11.4 Å². The highest BCUT2D eigenvalue weighted by molar-refractivity contribution is 6.30. The SMILES string of the molecule is COC(=O)C1(Nc2cccc(Cl)c2)CCC2(CC1)C(C1=CCNCC1)=Cc1ccccc12. The van der Waals surface area contributed by atoms with Gasteiger partial charge in [-0.05, 0) is 79.1 Å². The number of anilines is 1. The average molecular weight is 449 g/mol. The zero-order valence-electron chi connectivity index (χ0n) is 18.4. The minimum absolute atomic E-state index is 0.0483. The van der Waals surface area contributed by atoms with Gasteiger partial charge in [-0.3, -0.25) is 0 Å². The van der Waals surface area contributed by atoms with Gasteiger partial charge in [0.15, 0.2) is 0 Å². The molecule has 2 aliphatic carbocycles. The zero-order valence-corrected chi connectivity index (χ0v) is 19.2. The fourth-order valence-electron chi connectivity index (χ4n) is 5.82. The third-order valence-corrected chi connectivity index (χ3v) is 7.68. The molecular weight excluding hydrogens is 420 g/mol. The summed E-state index contributed by atoms with van der Waals surface area (Å²) in [4.78, 5) is 13.1. The van der Waals surface area contributed by atoms with Crippen molar-refractivity contribution in [3.63, 3.8) is 0 Å². The maximum atomic E-state index is 13.1. The minimum atomic E-state index is -0.754. The van der Waals surface area contributed by atoms with Crippen LogP contribution in [-0.2, 0) is 14.9 Å². The van der Waals surface area contributed by atoms with Crippen LogP contribution in [-0.4, -0.2) is 31.7 Å². The molecule has 5 heteroatoms. The van der Waals surface area contributed by atoms with Gasteiger partial charge in [-0.1, -0.05) is 54.1 Å². The Balaban J connectivity index is 1.50. The molecule has 0 aromatic heterocycles. The van der Waals surface area contributed by atoms with Crippen molar-refractivity contribution in [1.29, 1.82) is 0 Å². The van der Waals surface area contributed by atoms with Gasteiger partial charge >= 0.3 is 5.97 Å². The van der Waals surface area contributed by atoms with Crippen LogP contribution in [0, 0.1) is 0 Å². The van der Waals surface area contributed by atoms with E-state index in [9.17, 15) is 4.79 Å². The summed E-state index contributed by atoms with van der Waals surface area (Å²) in [6.07, 6.45) is 8.96. The van der Waals surface area contributed by atoms with Gasteiger partial charge < -0.3 is 15.4 Å². The van der Waals surface area contributed by atoms with E-state index in [1.165, 1.54) is 29.4 Å². The Hall–Kier alpha value is -2.56. The molecule has 4 nitrogen and oxygen atoms in total. The summed E-state index contributed by atoms with van der Waals surface area (Å²) in [6, 6.07) is 16.3. The van der Waals surface area contributed by atoms with Crippen molar-refractivity contribution < 1.29 is 9.53 Å². The van der Waals surface area contributed by atoms with Crippen molar-refractivity contribution >= 4 is 29.3 Å². The molecule has 3 aliphatic rings. The third kappa shape index (κ3) is 3.56. The number of methoxy groups -OCH3 is 1. The number of carbonyl (C=O) groups excluding carboxylic acids is 1. The number of ether oxygens (including phenoxy) is 1. The Morgan fingerprint density at radius 3 is 2.62 bits per heavy atom. The molecule has 5 rings (SSSR count). The summed E-state index contributed by atoms with van der Waals surface area (Å²) in [5.41, 5.74) is 5.66. The second-order valence-electron chi connectivity index (χ2n) is 9.12. The summed E-state index contributed by atoms with van der Waals surface area (Å²) >= 11 is 6.21. The van der Waals surface area contributed by atoms with Crippen LogP contribution in [0.5, 0.6) is 0 Å². The molecule has 32 heavy (non-hydrogen) atoms. The molecule has 0 saturated heterocycles. The smallest absolute Gasteiger partial charge is 0.331 e. The van der Waals surface area contributed by atoms with Crippen molar-refractivity contribution in [2.75, 3.05) is 25.5 Å². The number of fused-ring (bicyclic) bond motifs is 2. The van der Waals surface area contributed by atoms with Crippen LogP contribution in [0.4, 0.5) is 5.69 Å². The molecule has 1 saturated carbocycles. The molecule has 2 aromatic carbocycles. The minimum Gasteiger partial charge on any atom is -0.467 e. The van der Waals surface area contributed by atoms with Crippen LogP contribution in [0.3, 0.4) is 0 Å². The Kier molecular flexibility index (Phi) is 5.60. The molecule has 0 amide bonds. The first kappa shape index (κ1) is 21.3. The van der Waals surface area contributed by atoms with Crippen molar-refractivity contribution in [2.45, 2.75) is 43.1 Å². The average Bonchev–Trinajstić information content (AvgIpc) is 3.15. The molecule has 0 atom stereocenters. The summed E-state index contributed by atoms with van der Waals surface area (Å²) in [5, 5.41) is 7.59. The predicted molar refractivity (Wildman–Crippen MR) is 130 cm³/mol. The number of benzene rings is 2. The number of nitrogens with one attached hydrogen (secondary N) is 2. The molecule has 2 aromatic rings. The number of hydrogen-bond donors (Lipinski definition) is 2. The third-order valence-electron chi connectivity index (χ3n) is 7.44. The van der Waals surface area contributed by atoms with Crippen molar-refractivity contribution in [1.82, 2.24) is 5.32 Å². The van der Waals surface area contributed by atoms with Crippen molar-refractivity contribution in [2.24, 2.45) is 0 Å². The Bertz CT molecular complexity index is 1100. The number of esters is 1. The Morgan fingerprint density at radius 2 is 1.91 bits per heavy atom. The molecule has 0 bridgehead atoms. The summed E-state index contributed by atoms with van der Waals surface area (Å²) < 4.78 is 5.29. The first-order valence-electron chi connectivity index (χ1n) is 11.4. The maximum Gasteiger partial charge on any atom is 0.331 e. The largest absolute Gasteiger partial charge is 0.467 e. The molecule has 166 valence electrons. The van der Waals surface area contributed by atoms with E-state index < -0.39 is 5.54 Å². The van der Waals surface area contributed by atoms with E-state index >= 15 is 0 Å². The van der Waals surface area contributed by atoms with Crippen LogP contribution >= 0.6 is 11.6 Å². The van der Waals surface area contributed by atoms with Gasteiger partial charge in [0.05, 0.1) is 7.11 Å². The lowest BCUT2D eigenvalue weighted by molar-refractivity contribution is -0.147. The normalized spacial score (nSPS) is 26.8. The van der Waals surface area contributed by atoms with E-state index in [2.05, 4.69) is 47.1 Å². The van der Waals surface area contributed by atoms with E-state index in [0.29, 0.717) is 17.9 Å². The highest BCUT2D eigenvalue weighted by Crippen LogP contribution is 2.56. The predicted octanol–water partition coefficient (Wildman–Crippen LogP) is 5.49. The van der Waals surface area contributed by atoms with Crippen molar-refractivity contribution in [3.05, 3.63) is 81.9 Å². The number of carbonyl (C=O) groups is 1. The maximum absolute atomic E-state index is 13.1. The van der Waals surface area contributed by atoms with Gasteiger partial charge in [-0.25, -0.2) is 4.79 Å². The molecular formula is C27H29ClN2O2. The molecule has 0 radical (unpaired) electrons. The Labute approximate surface area is 194 Å². The van der Waals surface area contributed by atoms with Crippen molar-refractivity contribution in [3.8, 4) is 0 Å². The molecule has 1 heterocycles. The van der Waals surface area contributed by atoms with Gasteiger partial charge in [0.25, 0.3) is 0 Å². The highest BCUT2D eigenvalue weighted by atomic mass is 35.5. The number of hydrogen-bond acceptors (Lipinski definition) is 4. The second kappa shape index (κ2) is 8.42. The molecule has 1 fully saturated rings. The van der Waals surface area contributed by atoms with Crippen LogP contribution in [0.2, 0.25) is 5.02 Å². The topological polar surface area (TPSA) is 50.4 Å². The van der Waals surface area contributed by atoms with Crippen LogP contribution in [0.25, 0.3) is 6.08 Å². The van der Waals surface area contributed by atoms with Gasteiger partial charge in [-0.2, -0.15) is 0 Å². The lowest BCUT2D eigenvalue weighted by Gasteiger charge is -2.46. The number of halogens is 1. The fraction of sp³-hybridized carbons (Fsp3) is 0.370. The standard InChI is InChI=1S/C27H29ClN2O2/c1-32-25(31)27(30-22-7-4-6-21(28)18-22)13-11-26(12-14-27)23-8-3-2-5-20(23)17-24(26)19-9-15-29-16-10-19/h2-9,17-18,29-30H,10-16H2,1H3. The molecule has 0 unspecified atom stereocenters. The van der Waals surface area contributed by atoms with Gasteiger partial charge in [-0.15, -0.1) is 0 Å². The van der Waals surface area contributed by atoms with Gasteiger partial charge in [0.1, 0.15) is 5.54 Å². The van der Waals surface area contributed by atoms with Crippen LogP contribution in [0.1, 0.15) is 43.2 Å². The first-order chi connectivity index (χ1) is 15.6. The summed E-state index contributed by atoms with van der Waals surface area (Å²) in [7, 11) is 1.48. The van der Waals surface area contributed by atoms with E-state index in [4.69, 9.17) is 16.3 Å².